The highest BCUT2D eigenvalue weighted by Crippen LogP contribution is 2.45. The molecule has 0 unspecified atom stereocenters. The van der Waals surface area contributed by atoms with E-state index in [0.29, 0.717) is 24.0 Å². The molecule has 0 radical (unpaired) electrons. The lowest BCUT2D eigenvalue weighted by molar-refractivity contribution is 0.0909. The summed E-state index contributed by atoms with van der Waals surface area (Å²) in [6.07, 6.45) is 6.87. The number of benzene rings is 1. The van der Waals surface area contributed by atoms with Crippen LogP contribution in [0.5, 0.6) is 5.75 Å². The fourth-order valence-corrected chi connectivity index (χ4v) is 4.33. The molecule has 2 aromatic rings. The van der Waals surface area contributed by atoms with Crippen LogP contribution in [0.1, 0.15) is 60.5 Å². The quantitative estimate of drug-likeness (QED) is 0.765. The van der Waals surface area contributed by atoms with Gasteiger partial charge in [0.25, 0.3) is 5.91 Å². The summed E-state index contributed by atoms with van der Waals surface area (Å²) in [5, 5.41) is 6.58. The lowest BCUT2D eigenvalue weighted by Gasteiger charge is -2.34. The van der Waals surface area contributed by atoms with Gasteiger partial charge in [0.2, 0.25) is 5.75 Å². The first-order valence-electron chi connectivity index (χ1n) is 9.52. The maximum atomic E-state index is 12.6. The number of nitrogens with zero attached hydrogens (tertiary/aromatic N) is 2. The third-order valence-electron chi connectivity index (χ3n) is 5.52. The van der Waals surface area contributed by atoms with E-state index >= 15 is 0 Å². The van der Waals surface area contributed by atoms with Crippen LogP contribution in [0.25, 0.3) is 0 Å². The summed E-state index contributed by atoms with van der Waals surface area (Å²) in [7, 11) is 0. The Labute approximate surface area is 158 Å². The molecule has 1 amide bonds. The van der Waals surface area contributed by atoms with Gasteiger partial charge in [-0.15, -0.1) is 0 Å². The Balaban J connectivity index is 1.75. The van der Waals surface area contributed by atoms with Crippen molar-refractivity contribution in [3.05, 3.63) is 35.2 Å². The number of hydrogen-bond donors (Lipinski definition) is 3. The van der Waals surface area contributed by atoms with Crippen LogP contribution in [-0.2, 0) is 5.54 Å². The van der Waals surface area contributed by atoms with E-state index in [2.05, 4.69) is 26.7 Å². The largest absolute Gasteiger partial charge is 0.487 e. The van der Waals surface area contributed by atoms with Gasteiger partial charge in [-0.3, -0.25) is 4.79 Å². The summed E-state index contributed by atoms with van der Waals surface area (Å²) in [6, 6.07) is 4.04. The molecule has 1 spiro atoms. The lowest BCUT2D eigenvalue weighted by atomic mass is 9.77. The number of carbonyl (C=O) groups excluding carboxylic acids is 1. The molecule has 1 aromatic carbocycles. The van der Waals surface area contributed by atoms with Gasteiger partial charge < -0.3 is 21.1 Å². The van der Waals surface area contributed by atoms with Crippen molar-refractivity contribution >= 4 is 23.2 Å². The molecular weight excluding hydrogens is 342 g/mol. The predicted octanol–water partition coefficient (Wildman–Crippen LogP) is 3.41. The number of fused-ring (bicyclic) bond motifs is 2. The summed E-state index contributed by atoms with van der Waals surface area (Å²) in [5.74, 6) is 1.31. The lowest BCUT2D eigenvalue weighted by Crippen LogP contribution is -2.40. The Morgan fingerprint density at radius 3 is 2.78 bits per heavy atom. The molecule has 0 saturated heterocycles. The Morgan fingerprint density at radius 1 is 1.26 bits per heavy atom. The highest BCUT2D eigenvalue weighted by atomic mass is 16.5. The van der Waals surface area contributed by atoms with Crippen molar-refractivity contribution in [3.8, 4) is 5.75 Å². The predicted molar refractivity (Wildman–Crippen MR) is 104 cm³/mol. The van der Waals surface area contributed by atoms with Crippen LogP contribution in [0.15, 0.2) is 18.5 Å². The first-order chi connectivity index (χ1) is 13.0. The van der Waals surface area contributed by atoms with Crippen LogP contribution in [0.4, 0.5) is 17.3 Å². The number of nitrogen functional groups attached to an aromatic ring is 1. The molecular formula is C20H25N5O2. The minimum atomic E-state index is -0.236. The Kier molecular flexibility index (Phi) is 4.37. The van der Waals surface area contributed by atoms with Crippen molar-refractivity contribution in [2.24, 2.45) is 0 Å². The average Bonchev–Trinajstić information content (AvgIpc) is 2.90. The maximum Gasteiger partial charge on any atom is 0.252 e. The fourth-order valence-electron chi connectivity index (χ4n) is 4.33. The van der Waals surface area contributed by atoms with Crippen molar-refractivity contribution in [1.82, 2.24) is 15.3 Å². The molecule has 0 atom stereocenters. The highest BCUT2D eigenvalue weighted by molar-refractivity contribution is 6.02. The van der Waals surface area contributed by atoms with Crippen molar-refractivity contribution in [1.29, 1.82) is 0 Å². The molecule has 4 N–H and O–H groups in total. The summed E-state index contributed by atoms with van der Waals surface area (Å²) >= 11 is 0. The maximum absolute atomic E-state index is 12.6. The van der Waals surface area contributed by atoms with Gasteiger partial charge in [0.05, 0.1) is 12.1 Å². The standard InChI is InChI=1S/C20H25N5O2/c1-3-27-16-17(21)22-11-23-18(16)24-13-9-12(2)15-14(10-13)20(25-19(15)26)7-5-4-6-8-20/h9-11H,3-8H2,1-2H3,(H,25,26)(H3,21,22,23,24). The Morgan fingerprint density at radius 2 is 2.04 bits per heavy atom. The van der Waals surface area contributed by atoms with Crippen LogP contribution in [-0.4, -0.2) is 22.5 Å². The van der Waals surface area contributed by atoms with Crippen LogP contribution < -0.4 is 21.1 Å². The number of carbonyl (C=O) groups is 1. The zero-order valence-corrected chi connectivity index (χ0v) is 15.8. The minimum Gasteiger partial charge on any atom is -0.487 e. The molecule has 1 aliphatic heterocycles. The van der Waals surface area contributed by atoms with Crippen LogP contribution in [0, 0.1) is 6.92 Å². The molecule has 1 aliphatic carbocycles. The van der Waals surface area contributed by atoms with E-state index in [4.69, 9.17) is 10.5 Å². The zero-order valence-electron chi connectivity index (χ0n) is 15.8. The van der Waals surface area contributed by atoms with Crippen molar-refractivity contribution in [3.63, 3.8) is 0 Å². The number of nitrogens with two attached hydrogens (primary N) is 1. The molecule has 4 rings (SSSR count). The Hall–Kier alpha value is -2.83. The van der Waals surface area contributed by atoms with Gasteiger partial charge >= 0.3 is 0 Å². The number of hydrogen-bond acceptors (Lipinski definition) is 6. The van der Waals surface area contributed by atoms with Gasteiger partial charge in [-0.25, -0.2) is 9.97 Å². The monoisotopic (exact) mass is 367 g/mol. The molecule has 7 nitrogen and oxygen atoms in total. The molecule has 1 fully saturated rings. The van der Waals surface area contributed by atoms with Gasteiger partial charge in [0.1, 0.15) is 6.33 Å². The van der Waals surface area contributed by atoms with E-state index in [1.807, 2.05) is 19.9 Å². The first-order valence-corrected chi connectivity index (χ1v) is 9.52. The number of rotatable bonds is 4. The van der Waals surface area contributed by atoms with Crippen molar-refractivity contribution in [2.75, 3.05) is 17.7 Å². The summed E-state index contributed by atoms with van der Waals surface area (Å²) in [5.41, 5.74) is 9.43. The third-order valence-corrected chi connectivity index (χ3v) is 5.52. The highest BCUT2D eigenvalue weighted by Gasteiger charge is 2.44. The van der Waals surface area contributed by atoms with Gasteiger partial charge in [0.15, 0.2) is 11.6 Å². The molecule has 2 heterocycles. The fraction of sp³-hybridized carbons (Fsp3) is 0.450. The normalized spacial score (nSPS) is 17.5. The van der Waals surface area contributed by atoms with Gasteiger partial charge in [0, 0.05) is 11.3 Å². The molecule has 2 aliphatic rings. The number of aryl methyl sites for hydroxylation is 1. The van der Waals surface area contributed by atoms with Crippen molar-refractivity contribution in [2.45, 2.75) is 51.5 Å². The topological polar surface area (TPSA) is 102 Å². The second kappa shape index (κ2) is 6.72. The third kappa shape index (κ3) is 2.97. The van der Waals surface area contributed by atoms with E-state index in [1.54, 1.807) is 0 Å². The summed E-state index contributed by atoms with van der Waals surface area (Å²) in [4.78, 5) is 20.9. The van der Waals surface area contributed by atoms with Gasteiger partial charge in [-0.2, -0.15) is 0 Å². The van der Waals surface area contributed by atoms with E-state index in [0.717, 1.165) is 48.1 Å². The number of aromatic nitrogens is 2. The van der Waals surface area contributed by atoms with Crippen LogP contribution in [0.2, 0.25) is 0 Å². The number of anilines is 3. The molecule has 1 aromatic heterocycles. The second-order valence-electron chi connectivity index (χ2n) is 7.31. The van der Waals surface area contributed by atoms with Crippen molar-refractivity contribution < 1.29 is 9.53 Å². The van der Waals surface area contributed by atoms with Crippen LogP contribution in [0.3, 0.4) is 0 Å². The van der Waals surface area contributed by atoms with Gasteiger partial charge in [-0.05, 0) is 49.9 Å². The van der Waals surface area contributed by atoms with Crippen LogP contribution >= 0.6 is 0 Å². The first kappa shape index (κ1) is 17.6. The molecule has 142 valence electrons. The number of ether oxygens (including phenoxy) is 1. The summed E-state index contributed by atoms with van der Waals surface area (Å²) in [6.45, 7) is 4.33. The smallest absolute Gasteiger partial charge is 0.252 e. The average molecular weight is 367 g/mol. The molecule has 7 heteroatoms. The number of amides is 1. The van der Waals surface area contributed by atoms with Gasteiger partial charge in [-0.1, -0.05) is 19.3 Å². The number of nitrogens with one attached hydrogen (secondary N) is 2. The van der Waals surface area contributed by atoms with E-state index < -0.39 is 0 Å². The minimum absolute atomic E-state index is 0.0391. The van der Waals surface area contributed by atoms with E-state index in [9.17, 15) is 4.79 Å². The van der Waals surface area contributed by atoms with E-state index in [-0.39, 0.29) is 11.4 Å². The molecule has 0 bridgehead atoms. The zero-order chi connectivity index (χ0) is 19.0. The van der Waals surface area contributed by atoms with E-state index in [1.165, 1.54) is 12.7 Å². The molecule has 1 saturated carbocycles. The summed E-state index contributed by atoms with van der Waals surface area (Å²) < 4.78 is 5.61. The molecule has 27 heavy (non-hydrogen) atoms. The SMILES string of the molecule is CCOc1c(N)ncnc1Nc1cc(C)c2c(c1)C1(CCCCC1)NC2=O. The Bertz CT molecular complexity index is 890. The second-order valence-corrected chi connectivity index (χ2v) is 7.31.